The van der Waals surface area contributed by atoms with Crippen LogP contribution in [0.15, 0.2) is 54.6 Å². The highest BCUT2D eigenvalue weighted by atomic mass is 16.7. The molecule has 0 unspecified atom stereocenters. The summed E-state index contributed by atoms with van der Waals surface area (Å²) in [7, 11) is 0. The van der Waals surface area contributed by atoms with Gasteiger partial charge in [0.1, 0.15) is 5.75 Å². The van der Waals surface area contributed by atoms with Gasteiger partial charge >= 0.3 is 5.97 Å². The molecule has 1 aliphatic heterocycles. The third-order valence-electron chi connectivity index (χ3n) is 2.59. The molecular formula is C14H10O3. The van der Waals surface area contributed by atoms with E-state index in [1.807, 2.05) is 42.5 Å². The predicted molar refractivity (Wildman–Crippen MR) is 63.6 cm³/mol. The van der Waals surface area contributed by atoms with Crippen LogP contribution in [0.3, 0.4) is 0 Å². The minimum absolute atomic E-state index is 0.365. The van der Waals surface area contributed by atoms with E-state index in [0.29, 0.717) is 5.75 Å². The van der Waals surface area contributed by atoms with Crippen LogP contribution in [-0.4, -0.2) is 12.3 Å². The largest absolute Gasteiger partial charge is 0.451 e. The fourth-order valence-corrected chi connectivity index (χ4v) is 1.79. The number of carbonyl (C=O) groups is 1. The zero-order valence-electron chi connectivity index (χ0n) is 9.00. The molecule has 0 aliphatic carbocycles. The van der Waals surface area contributed by atoms with Crippen molar-refractivity contribution < 1.29 is 14.3 Å². The van der Waals surface area contributed by atoms with E-state index in [2.05, 4.69) is 0 Å². The van der Waals surface area contributed by atoms with E-state index in [1.165, 1.54) is 6.08 Å². The third-order valence-corrected chi connectivity index (χ3v) is 2.59. The molecule has 0 amide bonds. The molecule has 0 bridgehead atoms. The minimum Gasteiger partial charge on any atom is -0.451 e. The number of esters is 1. The SMILES string of the molecule is O=C1C=C[C@H](Oc2ccc3ccccc3c2)O1. The molecule has 2 aromatic carbocycles. The Morgan fingerprint density at radius 1 is 1.06 bits per heavy atom. The van der Waals surface area contributed by atoms with Gasteiger partial charge in [0.2, 0.25) is 0 Å². The van der Waals surface area contributed by atoms with E-state index < -0.39 is 6.29 Å². The molecule has 2 aromatic rings. The molecule has 1 atom stereocenters. The van der Waals surface area contributed by atoms with Crippen molar-refractivity contribution in [2.24, 2.45) is 0 Å². The van der Waals surface area contributed by atoms with Crippen molar-refractivity contribution in [2.75, 3.05) is 0 Å². The molecule has 0 saturated heterocycles. The van der Waals surface area contributed by atoms with Crippen LogP contribution >= 0.6 is 0 Å². The molecular weight excluding hydrogens is 216 g/mol. The molecule has 3 rings (SSSR count). The number of cyclic esters (lactones) is 1. The molecule has 3 nitrogen and oxygen atoms in total. The molecule has 1 heterocycles. The van der Waals surface area contributed by atoms with E-state index in [4.69, 9.17) is 9.47 Å². The van der Waals surface area contributed by atoms with Gasteiger partial charge in [0.15, 0.2) is 0 Å². The van der Waals surface area contributed by atoms with Gasteiger partial charge in [0.05, 0.1) is 0 Å². The minimum atomic E-state index is -0.608. The summed E-state index contributed by atoms with van der Waals surface area (Å²) in [5, 5.41) is 2.25. The Balaban J connectivity index is 1.86. The maximum absolute atomic E-state index is 10.9. The van der Waals surface area contributed by atoms with Crippen LogP contribution in [0.2, 0.25) is 0 Å². The van der Waals surface area contributed by atoms with Gasteiger partial charge < -0.3 is 9.47 Å². The molecule has 0 radical (unpaired) electrons. The summed E-state index contributed by atoms with van der Waals surface area (Å²) in [5.41, 5.74) is 0. The molecule has 0 aromatic heterocycles. The smallest absolute Gasteiger partial charge is 0.334 e. The highest BCUT2D eigenvalue weighted by molar-refractivity contribution is 5.85. The maximum atomic E-state index is 10.9. The number of rotatable bonds is 2. The lowest BCUT2D eigenvalue weighted by atomic mass is 10.1. The number of ether oxygens (including phenoxy) is 2. The van der Waals surface area contributed by atoms with Gasteiger partial charge in [-0.15, -0.1) is 0 Å². The van der Waals surface area contributed by atoms with Crippen molar-refractivity contribution in [3.8, 4) is 5.75 Å². The molecule has 84 valence electrons. The van der Waals surface area contributed by atoms with Crippen molar-refractivity contribution in [3.63, 3.8) is 0 Å². The van der Waals surface area contributed by atoms with Crippen LogP contribution in [0.5, 0.6) is 5.75 Å². The summed E-state index contributed by atoms with van der Waals surface area (Å²) < 4.78 is 10.4. The van der Waals surface area contributed by atoms with Gasteiger partial charge in [-0.3, -0.25) is 0 Å². The van der Waals surface area contributed by atoms with Gasteiger partial charge in [-0.05, 0) is 22.9 Å². The first kappa shape index (κ1) is 9.90. The maximum Gasteiger partial charge on any atom is 0.334 e. The lowest BCUT2D eigenvalue weighted by molar-refractivity contribution is -0.147. The van der Waals surface area contributed by atoms with Crippen LogP contribution in [0.1, 0.15) is 0 Å². The Kier molecular flexibility index (Phi) is 2.29. The standard InChI is InChI=1S/C14H10O3/c15-13-7-8-14(17-13)16-12-6-5-10-3-1-2-4-11(10)9-12/h1-9,14H/t14-/m1/s1. The lowest BCUT2D eigenvalue weighted by Crippen LogP contribution is -2.15. The Bertz CT molecular complexity index is 601. The molecule has 1 aliphatic rings. The van der Waals surface area contributed by atoms with Gasteiger partial charge in [-0.1, -0.05) is 30.3 Å². The summed E-state index contributed by atoms with van der Waals surface area (Å²) >= 11 is 0. The second kappa shape index (κ2) is 3.94. The summed E-state index contributed by atoms with van der Waals surface area (Å²) in [6.45, 7) is 0. The molecule has 0 fully saturated rings. The first-order valence-electron chi connectivity index (χ1n) is 5.35. The normalized spacial score (nSPS) is 18.4. The number of fused-ring (bicyclic) bond motifs is 1. The summed E-state index contributed by atoms with van der Waals surface area (Å²) in [4.78, 5) is 10.9. The quantitative estimate of drug-likeness (QED) is 0.738. The molecule has 0 N–H and O–H groups in total. The number of carbonyl (C=O) groups excluding carboxylic acids is 1. The van der Waals surface area contributed by atoms with Gasteiger partial charge in [-0.2, -0.15) is 0 Å². The van der Waals surface area contributed by atoms with Gasteiger partial charge in [0, 0.05) is 12.2 Å². The lowest BCUT2D eigenvalue weighted by Gasteiger charge is -2.11. The Hall–Kier alpha value is -2.29. The topological polar surface area (TPSA) is 35.5 Å². The summed E-state index contributed by atoms with van der Waals surface area (Å²) in [5.74, 6) is 0.323. The van der Waals surface area contributed by atoms with Crippen molar-refractivity contribution in [3.05, 3.63) is 54.6 Å². The number of benzene rings is 2. The fraction of sp³-hybridized carbons (Fsp3) is 0.0714. The third kappa shape index (κ3) is 1.99. The van der Waals surface area contributed by atoms with Crippen LogP contribution in [0, 0.1) is 0 Å². The molecule has 3 heteroatoms. The Morgan fingerprint density at radius 3 is 2.65 bits per heavy atom. The second-order valence-electron chi connectivity index (χ2n) is 3.79. The highest BCUT2D eigenvalue weighted by Gasteiger charge is 2.17. The van der Waals surface area contributed by atoms with Crippen LogP contribution in [0.4, 0.5) is 0 Å². The van der Waals surface area contributed by atoms with Crippen molar-refractivity contribution in [1.29, 1.82) is 0 Å². The Labute approximate surface area is 98.3 Å². The van der Waals surface area contributed by atoms with Crippen molar-refractivity contribution in [2.45, 2.75) is 6.29 Å². The monoisotopic (exact) mass is 226 g/mol. The first-order chi connectivity index (χ1) is 8.31. The highest BCUT2D eigenvalue weighted by Crippen LogP contribution is 2.22. The predicted octanol–water partition coefficient (Wildman–Crippen LogP) is 2.66. The van der Waals surface area contributed by atoms with Gasteiger partial charge in [-0.25, -0.2) is 4.79 Å². The van der Waals surface area contributed by atoms with E-state index in [0.717, 1.165) is 10.8 Å². The summed E-state index contributed by atoms with van der Waals surface area (Å²) in [6.07, 6.45) is 2.35. The van der Waals surface area contributed by atoms with E-state index >= 15 is 0 Å². The van der Waals surface area contributed by atoms with E-state index in [9.17, 15) is 4.79 Å². The molecule has 0 spiro atoms. The van der Waals surface area contributed by atoms with Crippen molar-refractivity contribution >= 4 is 16.7 Å². The number of hydrogen-bond acceptors (Lipinski definition) is 3. The fourth-order valence-electron chi connectivity index (χ4n) is 1.79. The molecule has 17 heavy (non-hydrogen) atoms. The van der Waals surface area contributed by atoms with Gasteiger partial charge in [0.25, 0.3) is 6.29 Å². The second-order valence-corrected chi connectivity index (χ2v) is 3.79. The first-order valence-corrected chi connectivity index (χ1v) is 5.35. The summed E-state index contributed by atoms with van der Waals surface area (Å²) in [6, 6.07) is 13.8. The Morgan fingerprint density at radius 2 is 1.88 bits per heavy atom. The van der Waals surface area contributed by atoms with Crippen LogP contribution < -0.4 is 4.74 Å². The van der Waals surface area contributed by atoms with Crippen molar-refractivity contribution in [1.82, 2.24) is 0 Å². The zero-order chi connectivity index (χ0) is 11.7. The van der Waals surface area contributed by atoms with E-state index in [1.54, 1.807) is 6.08 Å². The average Bonchev–Trinajstić information content (AvgIpc) is 2.75. The molecule has 0 saturated carbocycles. The average molecular weight is 226 g/mol. The number of hydrogen-bond donors (Lipinski definition) is 0. The van der Waals surface area contributed by atoms with E-state index in [-0.39, 0.29) is 5.97 Å². The van der Waals surface area contributed by atoms with Crippen LogP contribution in [0.25, 0.3) is 10.8 Å². The van der Waals surface area contributed by atoms with Crippen LogP contribution in [-0.2, 0) is 9.53 Å². The zero-order valence-corrected chi connectivity index (χ0v) is 9.00.